The first-order valence-electron chi connectivity index (χ1n) is 7.82. The quantitative estimate of drug-likeness (QED) is 0.869. The van der Waals surface area contributed by atoms with Gasteiger partial charge in [0.25, 0.3) is 5.91 Å². The van der Waals surface area contributed by atoms with E-state index in [1.165, 1.54) is 0 Å². The van der Waals surface area contributed by atoms with E-state index in [0.717, 1.165) is 24.5 Å². The molecule has 1 aliphatic heterocycles. The van der Waals surface area contributed by atoms with Gasteiger partial charge in [0.15, 0.2) is 0 Å². The number of nitrogens with zero attached hydrogens (tertiary/aromatic N) is 2. The van der Waals surface area contributed by atoms with Crippen LogP contribution < -0.4 is 15.4 Å². The van der Waals surface area contributed by atoms with Gasteiger partial charge in [0, 0.05) is 31.7 Å². The Morgan fingerprint density at radius 3 is 2.50 bits per heavy atom. The number of anilines is 2. The fourth-order valence-corrected chi connectivity index (χ4v) is 3.06. The van der Waals surface area contributed by atoms with Crippen molar-refractivity contribution >= 4 is 28.9 Å². The molecule has 2 aromatic carbocycles. The number of carbonyl (C=O) groups excluding carboxylic acids is 1. The Morgan fingerprint density at radius 2 is 1.83 bits per heavy atom. The van der Waals surface area contributed by atoms with Gasteiger partial charge in [-0.2, -0.15) is 0 Å². The third-order valence-corrected chi connectivity index (χ3v) is 4.57. The zero-order valence-corrected chi connectivity index (χ0v) is 14.3. The second-order valence-electron chi connectivity index (χ2n) is 5.69. The Labute approximate surface area is 146 Å². The van der Waals surface area contributed by atoms with Crippen molar-refractivity contribution in [2.75, 3.05) is 43.9 Å². The normalized spacial score (nSPS) is 14.6. The number of carbonyl (C=O) groups is 1. The van der Waals surface area contributed by atoms with Crippen LogP contribution in [-0.4, -0.2) is 44.1 Å². The van der Waals surface area contributed by atoms with E-state index in [1.54, 1.807) is 25.3 Å². The van der Waals surface area contributed by atoms with Crippen molar-refractivity contribution < 1.29 is 9.53 Å². The van der Waals surface area contributed by atoms with Crippen molar-refractivity contribution in [2.24, 2.45) is 0 Å². The van der Waals surface area contributed by atoms with E-state index in [-0.39, 0.29) is 5.91 Å². The maximum Gasteiger partial charge on any atom is 0.254 e. The van der Waals surface area contributed by atoms with Crippen molar-refractivity contribution in [3.63, 3.8) is 0 Å². The molecule has 2 aromatic rings. The van der Waals surface area contributed by atoms with Gasteiger partial charge in [-0.3, -0.25) is 4.79 Å². The number of benzene rings is 2. The third-order valence-electron chi connectivity index (χ3n) is 4.24. The van der Waals surface area contributed by atoms with E-state index >= 15 is 0 Å². The monoisotopic (exact) mass is 345 g/mol. The summed E-state index contributed by atoms with van der Waals surface area (Å²) in [6, 6.07) is 12.9. The number of hydrogen-bond donors (Lipinski definition) is 1. The molecular formula is C18H20ClN3O2. The van der Waals surface area contributed by atoms with Crippen molar-refractivity contribution in [1.29, 1.82) is 0 Å². The highest BCUT2D eigenvalue weighted by atomic mass is 35.5. The van der Waals surface area contributed by atoms with Crippen molar-refractivity contribution in [3.05, 3.63) is 53.1 Å². The van der Waals surface area contributed by atoms with Gasteiger partial charge < -0.3 is 20.3 Å². The molecule has 0 atom stereocenters. The van der Waals surface area contributed by atoms with Gasteiger partial charge in [-0.05, 0) is 30.3 Å². The summed E-state index contributed by atoms with van der Waals surface area (Å²) >= 11 is 6.02. The zero-order chi connectivity index (χ0) is 17.1. The first kappa shape index (κ1) is 16.5. The number of rotatable bonds is 3. The number of hydrogen-bond acceptors (Lipinski definition) is 4. The van der Waals surface area contributed by atoms with E-state index in [1.807, 2.05) is 29.2 Å². The number of para-hydroxylation sites is 2. The van der Waals surface area contributed by atoms with Crippen LogP contribution in [0.4, 0.5) is 11.4 Å². The van der Waals surface area contributed by atoms with E-state index in [9.17, 15) is 4.79 Å². The summed E-state index contributed by atoms with van der Waals surface area (Å²) in [4.78, 5) is 16.7. The van der Waals surface area contributed by atoms with Crippen LogP contribution in [-0.2, 0) is 0 Å². The summed E-state index contributed by atoms with van der Waals surface area (Å²) in [5, 5.41) is 0.411. The van der Waals surface area contributed by atoms with E-state index in [4.69, 9.17) is 22.1 Å². The smallest absolute Gasteiger partial charge is 0.254 e. The standard InChI is InChI=1S/C18H20ClN3O2/c1-24-17-5-3-2-4-16(17)21-8-10-22(11-9-21)18(23)13-6-7-15(20)14(19)12-13/h2-7,12H,8-11,20H2,1H3. The zero-order valence-electron chi connectivity index (χ0n) is 13.5. The van der Waals surface area contributed by atoms with Gasteiger partial charge in [0.05, 0.1) is 23.5 Å². The molecule has 0 radical (unpaired) electrons. The highest BCUT2D eigenvalue weighted by molar-refractivity contribution is 6.33. The van der Waals surface area contributed by atoms with E-state index < -0.39 is 0 Å². The second kappa shape index (κ2) is 7.01. The number of amides is 1. The first-order chi connectivity index (χ1) is 11.6. The molecule has 1 aliphatic rings. The Balaban J connectivity index is 1.68. The lowest BCUT2D eigenvalue weighted by Crippen LogP contribution is -2.48. The molecule has 0 unspecified atom stereocenters. The maximum atomic E-state index is 12.6. The van der Waals surface area contributed by atoms with Crippen molar-refractivity contribution in [2.45, 2.75) is 0 Å². The van der Waals surface area contributed by atoms with Crippen LogP contribution in [0.15, 0.2) is 42.5 Å². The predicted molar refractivity (Wildman–Crippen MR) is 97.0 cm³/mol. The summed E-state index contributed by atoms with van der Waals surface area (Å²) in [6.07, 6.45) is 0. The molecule has 0 aliphatic carbocycles. The summed E-state index contributed by atoms with van der Waals surface area (Å²) in [6.45, 7) is 2.82. The van der Waals surface area contributed by atoms with Gasteiger partial charge >= 0.3 is 0 Å². The van der Waals surface area contributed by atoms with Crippen molar-refractivity contribution in [3.8, 4) is 5.75 Å². The maximum absolute atomic E-state index is 12.6. The SMILES string of the molecule is COc1ccccc1N1CCN(C(=O)c2ccc(N)c(Cl)c2)CC1. The summed E-state index contributed by atoms with van der Waals surface area (Å²) in [5.41, 5.74) is 7.81. The van der Waals surface area contributed by atoms with Crippen LogP contribution in [0.1, 0.15) is 10.4 Å². The minimum absolute atomic E-state index is 0.0171. The third kappa shape index (κ3) is 3.26. The molecule has 1 heterocycles. The highest BCUT2D eigenvalue weighted by Crippen LogP contribution is 2.28. The second-order valence-corrected chi connectivity index (χ2v) is 6.09. The molecule has 0 spiro atoms. The van der Waals surface area contributed by atoms with Gasteiger partial charge in [0.1, 0.15) is 5.75 Å². The molecule has 5 nitrogen and oxygen atoms in total. The number of halogens is 1. The molecule has 126 valence electrons. The Morgan fingerprint density at radius 1 is 1.12 bits per heavy atom. The lowest BCUT2D eigenvalue weighted by molar-refractivity contribution is 0.0746. The highest BCUT2D eigenvalue weighted by Gasteiger charge is 2.23. The summed E-state index contributed by atoms with van der Waals surface area (Å²) < 4.78 is 5.42. The molecule has 1 amide bonds. The molecular weight excluding hydrogens is 326 g/mol. The molecule has 3 rings (SSSR count). The average Bonchev–Trinajstić information content (AvgIpc) is 2.63. The largest absolute Gasteiger partial charge is 0.495 e. The molecule has 0 bridgehead atoms. The lowest BCUT2D eigenvalue weighted by Gasteiger charge is -2.36. The fourth-order valence-electron chi connectivity index (χ4n) is 2.88. The predicted octanol–water partition coefficient (Wildman–Crippen LogP) is 2.89. The Kier molecular flexibility index (Phi) is 4.81. The van der Waals surface area contributed by atoms with Crippen LogP contribution in [0.3, 0.4) is 0 Å². The Bertz CT molecular complexity index is 743. The summed E-state index contributed by atoms with van der Waals surface area (Å²) in [5.74, 6) is 0.833. The van der Waals surface area contributed by atoms with Crippen LogP contribution in [0, 0.1) is 0 Å². The van der Waals surface area contributed by atoms with Crippen LogP contribution in [0.2, 0.25) is 5.02 Å². The first-order valence-corrected chi connectivity index (χ1v) is 8.20. The molecule has 2 N–H and O–H groups in total. The Hall–Kier alpha value is -2.40. The number of piperazine rings is 1. The minimum atomic E-state index is -0.0171. The number of nitrogen functional groups attached to an aromatic ring is 1. The minimum Gasteiger partial charge on any atom is -0.495 e. The number of ether oxygens (including phenoxy) is 1. The van der Waals surface area contributed by atoms with Crippen LogP contribution in [0.5, 0.6) is 5.75 Å². The molecule has 0 aromatic heterocycles. The lowest BCUT2D eigenvalue weighted by atomic mass is 10.1. The van der Waals surface area contributed by atoms with Gasteiger partial charge in [-0.1, -0.05) is 23.7 Å². The van der Waals surface area contributed by atoms with Gasteiger partial charge in [0.2, 0.25) is 0 Å². The molecule has 24 heavy (non-hydrogen) atoms. The molecule has 6 heteroatoms. The molecule has 1 saturated heterocycles. The van der Waals surface area contributed by atoms with E-state index in [0.29, 0.717) is 29.4 Å². The fraction of sp³-hybridized carbons (Fsp3) is 0.278. The van der Waals surface area contributed by atoms with Gasteiger partial charge in [-0.15, -0.1) is 0 Å². The number of methoxy groups -OCH3 is 1. The molecule has 0 saturated carbocycles. The molecule has 1 fully saturated rings. The van der Waals surface area contributed by atoms with Crippen molar-refractivity contribution in [1.82, 2.24) is 4.90 Å². The summed E-state index contributed by atoms with van der Waals surface area (Å²) in [7, 11) is 1.67. The van der Waals surface area contributed by atoms with Gasteiger partial charge in [-0.25, -0.2) is 0 Å². The number of nitrogens with two attached hydrogens (primary N) is 1. The average molecular weight is 346 g/mol. The van der Waals surface area contributed by atoms with Crippen LogP contribution in [0.25, 0.3) is 0 Å². The topological polar surface area (TPSA) is 58.8 Å². The van der Waals surface area contributed by atoms with E-state index in [2.05, 4.69) is 4.90 Å². The van der Waals surface area contributed by atoms with Crippen LogP contribution >= 0.6 is 11.6 Å².